The number of carbonyl (C=O) groups is 1. The van der Waals surface area contributed by atoms with Crippen molar-refractivity contribution >= 4 is 5.97 Å². The number of aliphatic hydroxyl groups is 2. The minimum Gasteiger partial charge on any atom is -0.453 e. The Kier molecular flexibility index (Phi) is 3.73. The van der Waals surface area contributed by atoms with Crippen LogP contribution in [0.1, 0.15) is 10.4 Å². The van der Waals surface area contributed by atoms with Crippen molar-refractivity contribution in [2.75, 3.05) is 6.61 Å². The lowest BCUT2D eigenvalue weighted by Crippen LogP contribution is -2.34. The first-order chi connectivity index (χ1) is 8.22. The average molecular weight is 237 g/mol. The Morgan fingerprint density at radius 1 is 1.35 bits per heavy atom. The number of benzene rings is 1. The van der Waals surface area contributed by atoms with Gasteiger partial charge >= 0.3 is 5.97 Å². The molecule has 3 atom stereocenters. The van der Waals surface area contributed by atoms with Gasteiger partial charge in [0.1, 0.15) is 18.8 Å². The molecule has 2 rings (SSSR count). The van der Waals surface area contributed by atoms with Gasteiger partial charge in [0.2, 0.25) is 0 Å². The zero-order valence-corrected chi connectivity index (χ0v) is 9.02. The van der Waals surface area contributed by atoms with Crippen LogP contribution in [0.25, 0.3) is 0 Å². The molecule has 1 radical (unpaired) electrons. The van der Waals surface area contributed by atoms with Gasteiger partial charge in [-0.1, -0.05) is 18.2 Å². The quantitative estimate of drug-likeness (QED) is 0.730. The lowest BCUT2D eigenvalue weighted by molar-refractivity contribution is -0.0173. The molecule has 2 N–H and O–H groups in total. The van der Waals surface area contributed by atoms with E-state index in [1.165, 1.54) is 6.61 Å². The molecule has 1 aliphatic heterocycles. The third-order valence-corrected chi connectivity index (χ3v) is 2.54. The second-order valence-corrected chi connectivity index (χ2v) is 3.72. The second kappa shape index (κ2) is 5.27. The van der Waals surface area contributed by atoms with E-state index in [0.29, 0.717) is 5.56 Å². The summed E-state index contributed by atoms with van der Waals surface area (Å²) < 4.78 is 10.0. The van der Waals surface area contributed by atoms with E-state index < -0.39 is 24.3 Å². The van der Waals surface area contributed by atoms with Crippen LogP contribution in [-0.4, -0.2) is 41.1 Å². The van der Waals surface area contributed by atoms with Crippen molar-refractivity contribution in [3.63, 3.8) is 0 Å². The van der Waals surface area contributed by atoms with Gasteiger partial charge in [-0.2, -0.15) is 0 Å². The van der Waals surface area contributed by atoms with Gasteiger partial charge in [0.05, 0.1) is 12.2 Å². The monoisotopic (exact) mass is 237 g/mol. The van der Waals surface area contributed by atoms with Crippen molar-refractivity contribution in [2.24, 2.45) is 0 Å². The van der Waals surface area contributed by atoms with Crippen molar-refractivity contribution in [1.29, 1.82) is 0 Å². The van der Waals surface area contributed by atoms with Crippen LogP contribution < -0.4 is 0 Å². The molecular weight excluding hydrogens is 224 g/mol. The van der Waals surface area contributed by atoms with Crippen LogP contribution in [0.3, 0.4) is 0 Å². The molecule has 91 valence electrons. The first-order valence-electron chi connectivity index (χ1n) is 5.26. The summed E-state index contributed by atoms with van der Waals surface area (Å²) in [5, 5.41) is 18.5. The minimum absolute atomic E-state index is 0.322. The number of rotatable bonds is 3. The average Bonchev–Trinajstić information content (AvgIpc) is 2.71. The summed E-state index contributed by atoms with van der Waals surface area (Å²) in [4.78, 5) is 11.7. The van der Waals surface area contributed by atoms with E-state index in [1.54, 1.807) is 30.3 Å². The number of hydrogen-bond acceptors (Lipinski definition) is 5. The number of carbonyl (C=O) groups excluding carboxylic acids is 1. The number of hydrogen-bond donors (Lipinski definition) is 2. The first kappa shape index (κ1) is 12.0. The van der Waals surface area contributed by atoms with E-state index in [-0.39, 0.29) is 6.61 Å². The highest BCUT2D eigenvalue weighted by Gasteiger charge is 2.38. The van der Waals surface area contributed by atoms with E-state index in [0.717, 1.165) is 0 Å². The summed E-state index contributed by atoms with van der Waals surface area (Å²) in [5.41, 5.74) is 0.403. The van der Waals surface area contributed by atoms with Crippen molar-refractivity contribution in [2.45, 2.75) is 18.3 Å². The summed E-state index contributed by atoms with van der Waals surface area (Å²) in [6.07, 6.45) is -2.61. The lowest BCUT2D eigenvalue weighted by atomic mass is 10.1. The topological polar surface area (TPSA) is 76.0 Å². The molecule has 1 aromatic rings. The first-order valence-corrected chi connectivity index (χ1v) is 5.26. The molecule has 5 nitrogen and oxygen atoms in total. The molecule has 5 heteroatoms. The Labute approximate surface area is 98.6 Å². The Bertz CT molecular complexity index is 378. The molecule has 0 aromatic heterocycles. The van der Waals surface area contributed by atoms with E-state index in [9.17, 15) is 9.90 Å². The van der Waals surface area contributed by atoms with Gasteiger partial charge in [-0.3, -0.25) is 0 Å². The molecule has 0 bridgehead atoms. The Hall–Kier alpha value is -1.43. The van der Waals surface area contributed by atoms with Crippen LogP contribution in [0.2, 0.25) is 0 Å². The summed E-state index contributed by atoms with van der Waals surface area (Å²) in [7, 11) is 0. The Morgan fingerprint density at radius 3 is 2.65 bits per heavy atom. The highest BCUT2D eigenvalue weighted by molar-refractivity contribution is 5.89. The molecule has 1 saturated heterocycles. The summed E-state index contributed by atoms with van der Waals surface area (Å²) in [6, 6.07) is 8.47. The van der Waals surface area contributed by atoms with Gasteiger partial charge in [-0.15, -0.1) is 0 Å². The van der Waals surface area contributed by atoms with Gasteiger partial charge in [0.15, 0.2) is 6.10 Å². The van der Waals surface area contributed by atoms with Gasteiger partial charge < -0.3 is 19.7 Å². The van der Waals surface area contributed by atoms with Crippen LogP contribution in [-0.2, 0) is 9.47 Å². The Balaban J connectivity index is 1.96. The van der Waals surface area contributed by atoms with Crippen molar-refractivity contribution in [3.05, 3.63) is 42.5 Å². The summed E-state index contributed by atoms with van der Waals surface area (Å²) >= 11 is 0. The third-order valence-electron chi connectivity index (χ3n) is 2.54. The highest BCUT2D eigenvalue weighted by atomic mass is 16.6. The third kappa shape index (κ3) is 2.63. The molecule has 0 spiro atoms. The molecule has 1 fully saturated rings. The molecule has 17 heavy (non-hydrogen) atoms. The highest BCUT2D eigenvalue weighted by Crippen LogP contribution is 2.21. The lowest BCUT2D eigenvalue weighted by Gasteiger charge is -2.16. The van der Waals surface area contributed by atoms with Crippen LogP contribution in [0.4, 0.5) is 0 Å². The zero-order chi connectivity index (χ0) is 12.3. The van der Waals surface area contributed by atoms with E-state index in [2.05, 4.69) is 0 Å². The second-order valence-electron chi connectivity index (χ2n) is 3.72. The maximum Gasteiger partial charge on any atom is 0.338 e. The largest absolute Gasteiger partial charge is 0.453 e. The summed E-state index contributed by atoms with van der Waals surface area (Å²) in [5.74, 6) is -0.534. The van der Waals surface area contributed by atoms with Crippen LogP contribution >= 0.6 is 0 Å². The predicted molar refractivity (Wildman–Crippen MR) is 57.9 cm³/mol. The predicted octanol–water partition coefficient (Wildman–Crippen LogP) is 0.126. The maximum absolute atomic E-state index is 11.7. The SMILES string of the molecule is O=C(O[C@@H]1[CH]O[C@@H](CO)[C@@H]1O)c1ccccc1. The van der Waals surface area contributed by atoms with Crippen molar-refractivity contribution < 1.29 is 24.5 Å². The molecule has 1 aliphatic rings. The van der Waals surface area contributed by atoms with Crippen molar-refractivity contribution in [1.82, 2.24) is 0 Å². The van der Waals surface area contributed by atoms with Gasteiger partial charge in [0.25, 0.3) is 0 Å². The number of esters is 1. The summed E-state index contributed by atoms with van der Waals surface area (Å²) in [6.45, 7) is 0.906. The fourth-order valence-electron chi connectivity index (χ4n) is 1.57. The van der Waals surface area contributed by atoms with Gasteiger partial charge in [-0.05, 0) is 12.1 Å². The van der Waals surface area contributed by atoms with E-state index in [1.807, 2.05) is 0 Å². The molecule has 0 aliphatic carbocycles. The molecule has 1 heterocycles. The molecule has 1 aromatic carbocycles. The van der Waals surface area contributed by atoms with Crippen molar-refractivity contribution in [3.8, 4) is 0 Å². The maximum atomic E-state index is 11.7. The van der Waals surface area contributed by atoms with E-state index >= 15 is 0 Å². The smallest absolute Gasteiger partial charge is 0.338 e. The number of aliphatic hydroxyl groups excluding tert-OH is 2. The van der Waals surface area contributed by atoms with Crippen LogP contribution in [0, 0.1) is 6.61 Å². The zero-order valence-electron chi connectivity index (χ0n) is 9.02. The van der Waals surface area contributed by atoms with Gasteiger partial charge in [-0.25, -0.2) is 4.79 Å². The molecule has 0 saturated carbocycles. The van der Waals surface area contributed by atoms with Crippen LogP contribution in [0.5, 0.6) is 0 Å². The van der Waals surface area contributed by atoms with E-state index in [4.69, 9.17) is 14.6 Å². The van der Waals surface area contributed by atoms with Crippen LogP contribution in [0.15, 0.2) is 30.3 Å². The fourth-order valence-corrected chi connectivity index (χ4v) is 1.57. The molecular formula is C12H13O5. The standard InChI is InChI=1S/C12H13O5/c13-6-9-11(14)10(7-16-9)17-12(15)8-4-2-1-3-5-8/h1-5,7,9-11,13-14H,6H2/t9-,10+,11-/m0/s1. The van der Waals surface area contributed by atoms with Gasteiger partial charge in [0, 0.05) is 0 Å². The normalized spacial score (nSPS) is 28.0. The number of ether oxygens (including phenoxy) is 2. The Morgan fingerprint density at radius 2 is 2.06 bits per heavy atom. The minimum atomic E-state index is -1.03. The molecule has 0 unspecified atom stereocenters. The molecule has 0 amide bonds. The fraction of sp³-hybridized carbons (Fsp3) is 0.333.